The molecule has 1 rings (SSSR count). The van der Waals surface area contributed by atoms with Crippen molar-refractivity contribution in [2.24, 2.45) is 5.73 Å². The summed E-state index contributed by atoms with van der Waals surface area (Å²) < 4.78 is 11.0. The number of nitrogens with two attached hydrogens (primary N) is 1. The van der Waals surface area contributed by atoms with Crippen LogP contribution in [0.3, 0.4) is 0 Å². The van der Waals surface area contributed by atoms with Gasteiger partial charge < -0.3 is 20.5 Å². The third-order valence-corrected chi connectivity index (χ3v) is 2.49. The molecule has 0 heterocycles. The number of para-hydroxylation sites is 1. The molecular weight excluding hydrogens is 258 g/mol. The fourth-order valence-electron chi connectivity index (χ4n) is 1.67. The Kier molecular flexibility index (Phi) is 6.93. The van der Waals surface area contributed by atoms with Crippen LogP contribution in [0.2, 0.25) is 0 Å². The Bertz CT molecular complexity index is 459. The van der Waals surface area contributed by atoms with Gasteiger partial charge in [-0.3, -0.25) is 4.79 Å². The highest BCUT2D eigenvalue weighted by Gasteiger charge is 2.12. The molecule has 0 unspecified atom stereocenters. The second-order valence-electron chi connectivity index (χ2n) is 3.94. The van der Waals surface area contributed by atoms with Gasteiger partial charge in [0.15, 0.2) is 18.1 Å². The van der Waals surface area contributed by atoms with Gasteiger partial charge >= 0.3 is 0 Å². The first-order chi connectivity index (χ1) is 9.72. The zero-order valence-corrected chi connectivity index (χ0v) is 11.5. The highest BCUT2D eigenvalue weighted by molar-refractivity contribution is 5.77. The highest BCUT2D eigenvalue weighted by Crippen LogP contribution is 2.31. The van der Waals surface area contributed by atoms with Crippen LogP contribution in [0.5, 0.6) is 11.5 Å². The number of nitrogens with one attached hydrogen (secondary N) is 1. The molecule has 0 bridgehead atoms. The van der Waals surface area contributed by atoms with Crippen molar-refractivity contribution in [2.75, 3.05) is 26.3 Å². The summed E-state index contributed by atoms with van der Waals surface area (Å²) in [4.78, 5) is 11.5. The highest BCUT2D eigenvalue weighted by atomic mass is 16.5. The van der Waals surface area contributed by atoms with Crippen molar-refractivity contribution in [2.45, 2.75) is 13.3 Å². The van der Waals surface area contributed by atoms with Gasteiger partial charge in [0.05, 0.1) is 12.7 Å². The lowest BCUT2D eigenvalue weighted by Crippen LogP contribution is -2.29. The van der Waals surface area contributed by atoms with Crippen molar-refractivity contribution in [3.63, 3.8) is 0 Å². The Morgan fingerprint density at radius 3 is 2.90 bits per heavy atom. The summed E-state index contributed by atoms with van der Waals surface area (Å²) in [6.07, 6.45) is 0.635. The summed E-state index contributed by atoms with van der Waals surface area (Å²) in [6.45, 7) is 2.66. The fraction of sp³-hybridized carbons (Fsp3) is 0.429. The molecule has 1 aromatic rings. The summed E-state index contributed by atoms with van der Waals surface area (Å²) in [5, 5.41) is 10.8. The normalized spacial score (nSPS) is 9.65. The predicted molar refractivity (Wildman–Crippen MR) is 74.5 cm³/mol. The lowest BCUT2D eigenvalue weighted by atomic mass is 10.1. The Labute approximate surface area is 118 Å². The number of rotatable bonds is 8. The number of hydrogen-bond acceptors (Lipinski definition) is 5. The van der Waals surface area contributed by atoms with Gasteiger partial charge in [0.1, 0.15) is 6.54 Å². The molecule has 0 radical (unpaired) electrons. The van der Waals surface area contributed by atoms with Crippen molar-refractivity contribution < 1.29 is 14.3 Å². The topological polar surface area (TPSA) is 97.4 Å². The minimum Gasteiger partial charge on any atom is -0.490 e. The van der Waals surface area contributed by atoms with Crippen molar-refractivity contribution in [1.82, 2.24) is 5.32 Å². The van der Waals surface area contributed by atoms with Crippen LogP contribution in [-0.2, 0) is 11.2 Å². The molecule has 0 saturated carbocycles. The summed E-state index contributed by atoms with van der Waals surface area (Å²) >= 11 is 0. The number of ether oxygens (including phenoxy) is 2. The van der Waals surface area contributed by atoms with Gasteiger partial charge in [-0.15, -0.1) is 0 Å². The Hall–Kier alpha value is -2.26. The molecule has 0 atom stereocenters. The van der Waals surface area contributed by atoms with Crippen LogP contribution in [0.25, 0.3) is 0 Å². The van der Waals surface area contributed by atoms with Crippen LogP contribution in [0, 0.1) is 11.3 Å². The number of nitriles is 1. The van der Waals surface area contributed by atoms with E-state index in [4.69, 9.17) is 20.5 Å². The molecule has 6 nitrogen and oxygen atoms in total. The van der Waals surface area contributed by atoms with E-state index in [0.717, 1.165) is 5.56 Å². The molecule has 0 aliphatic rings. The van der Waals surface area contributed by atoms with Crippen LogP contribution >= 0.6 is 0 Å². The van der Waals surface area contributed by atoms with E-state index in [9.17, 15) is 4.79 Å². The Morgan fingerprint density at radius 1 is 1.45 bits per heavy atom. The maximum absolute atomic E-state index is 11.5. The molecular formula is C14H19N3O3. The molecule has 1 aromatic carbocycles. The minimum atomic E-state index is -0.350. The van der Waals surface area contributed by atoms with Gasteiger partial charge in [0, 0.05) is 0 Å². The smallest absolute Gasteiger partial charge is 0.258 e. The molecule has 3 N–H and O–H groups in total. The first-order valence-corrected chi connectivity index (χ1v) is 6.44. The van der Waals surface area contributed by atoms with Gasteiger partial charge in [-0.1, -0.05) is 12.1 Å². The van der Waals surface area contributed by atoms with E-state index in [1.807, 2.05) is 25.1 Å². The number of carbonyl (C=O) groups is 1. The summed E-state index contributed by atoms with van der Waals surface area (Å²) in [6, 6.07) is 7.36. The van der Waals surface area contributed by atoms with E-state index >= 15 is 0 Å². The van der Waals surface area contributed by atoms with Crippen LogP contribution in [0.15, 0.2) is 18.2 Å². The third-order valence-electron chi connectivity index (χ3n) is 2.49. The average Bonchev–Trinajstić information content (AvgIpc) is 2.45. The quantitative estimate of drug-likeness (QED) is 0.678. The summed E-state index contributed by atoms with van der Waals surface area (Å²) in [5.41, 5.74) is 6.46. The van der Waals surface area contributed by atoms with E-state index in [1.54, 1.807) is 6.07 Å². The van der Waals surface area contributed by atoms with Crippen LogP contribution < -0.4 is 20.5 Å². The second-order valence-corrected chi connectivity index (χ2v) is 3.94. The maximum Gasteiger partial charge on any atom is 0.258 e. The zero-order valence-electron chi connectivity index (χ0n) is 11.5. The minimum absolute atomic E-state index is 0.0367. The van der Waals surface area contributed by atoms with Crippen molar-refractivity contribution in [3.8, 4) is 17.6 Å². The van der Waals surface area contributed by atoms with Gasteiger partial charge in [-0.2, -0.15) is 5.26 Å². The van der Waals surface area contributed by atoms with Crippen molar-refractivity contribution in [3.05, 3.63) is 23.8 Å². The number of hydrogen-bond donors (Lipinski definition) is 2. The molecule has 1 amide bonds. The fourth-order valence-corrected chi connectivity index (χ4v) is 1.67. The Balaban J connectivity index is 2.79. The number of nitrogens with zero attached hydrogens (tertiary/aromatic N) is 1. The largest absolute Gasteiger partial charge is 0.490 e. The SMILES string of the molecule is CCOc1cccc(CCN)c1OCC(=O)NCC#N. The van der Waals surface area contributed by atoms with E-state index < -0.39 is 0 Å². The van der Waals surface area contributed by atoms with Gasteiger partial charge in [0.2, 0.25) is 0 Å². The zero-order chi connectivity index (χ0) is 14.8. The van der Waals surface area contributed by atoms with Crippen molar-refractivity contribution in [1.29, 1.82) is 5.26 Å². The number of carbonyl (C=O) groups excluding carboxylic acids is 1. The van der Waals surface area contributed by atoms with Gasteiger partial charge in [0.25, 0.3) is 5.91 Å². The first kappa shape index (κ1) is 15.8. The molecule has 6 heteroatoms. The molecule has 20 heavy (non-hydrogen) atoms. The molecule has 0 spiro atoms. The molecule has 0 saturated heterocycles. The monoisotopic (exact) mass is 277 g/mol. The third kappa shape index (κ3) is 4.78. The molecule has 0 aliphatic heterocycles. The van der Waals surface area contributed by atoms with E-state index in [2.05, 4.69) is 5.32 Å². The van der Waals surface area contributed by atoms with E-state index in [-0.39, 0.29) is 19.1 Å². The van der Waals surface area contributed by atoms with Crippen LogP contribution in [-0.4, -0.2) is 32.2 Å². The first-order valence-electron chi connectivity index (χ1n) is 6.44. The van der Waals surface area contributed by atoms with E-state index in [0.29, 0.717) is 31.1 Å². The van der Waals surface area contributed by atoms with Crippen molar-refractivity contribution >= 4 is 5.91 Å². The maximum atomic E-state index is 11.5. The lowest BCUT2D eigenvalue weighted by molar-refractivity contribution is -0.122. The summed E-state index contributed by atoms with van der Waals surface area (Å²) in [7, 11) is 0. The molecule has 108 valence electrons. The standard InChI is InChI=1S/C14H19N3O3/c1-2-19-12-5-3-4-11(6-7-15)14(12)20-10-13(18)17-9-8-16/h3-5H,2,6-7,9-10,15H2,1H3,(H,17,18). The number of benzene rings is 1. The van der Waals surface area contributed by atoms with Gasteiger partial charge in [-0.25, -0.2) is 0 Å². The average molecular weight is 277 g/mol. The lowest BCUT2D eigenvalue weighted by Gasteiger charge is -2.15. The van der Waals surface area contributed by atoms with Crippen LogP contribution in [0.1, 0.15) is 12.5 Å². The van der Waals surface area contributed by atoms with Crippen LogP contribution in [0.4, 0.5) is 0 Å². The summed E-state index contributed by atoms with van der Waals surface area (Å²) in [5.74, 6) is 0.773. The van der Waals surface area contributed by atoms with Gasteiger partial charge in [-0.05, 0) is 31.5 Å². The Morgan fingerprint density at radius 2 is 2.25 bits per heavy atom. The van der Waals surface area contributed by atoms with E-state index in [1.165, 1.54) is 0 Å². The second kappa shape index (κ2) is 8.77. The molecule has 0 aliphatic carbocycles. The predicted octanol–water partition coefficient (Wildman–Crippen LogP) is 0.605. The number of amides is 1. The molecule has 0 aromatic heterocycles. The molecule has 0 fully saturated rings.